The average molecular weight is 405 g/mol. The Labute approximate surface area is 131 Å². The second-order valence-electron chi connectivity index (χ2n) is 3.72. The number of pyridine rings is 1. The molecule has 0 spiro atoms. The molecule has 1 aromatic heterocycles. The summed E-state index contributed by atoms with van der Waals surface area (Å²) in [4.78, 5) is 16.0. The Balaban J connectivity index is 2.22. The van der Waals surface area contributed by atoms with Crippen LogP contribution in [-0.4, -0.2) is 10.9 Å². The molecule has 1 heterocycles. The van der Waals surface area contributed by atoms with Crippen molar-refractivity contribution in [2.75, 3.05) is 11.1 Å². The largest absolute Gasteiger partial charge is 0.399 e. The molecule has 0 bridgehead atoms. The van der Waals surface area contributed by atoms with Gasteiger partial charge in [0.1, 0.15) is 5.15 Å². The Kier molecular flexibility index (Phi) is 4.44. The summed E-state index contributed by atoms with van der Waals surface area (Å²) in [6.07, 6.45) is 1.48. The Hall–Kier alpha value is -1.11. The van der Waals surface area contributed by atoms with E-state index in [-0.39, 0.29) is 5.91 Å². The monoisotopic (exact) mass is 403 g/mol. The first-order valence-corrected chi connectivity index (χ1v) is 7.10. The number of nitrogen functional groups attached to an aromatic ring is 1. The van der Waals surface area contributed by atoms with Crippen LogP contribution in [0.4, 0.5) is 11.4 Å². The summed E-state index contributed by atoms with van der Waals surface area (Å²) < 4.78 is 1.36. The molecule has 0 radical (unpaired) electrons. The summed E-state index contributed by atoms with van der Waals surface area (Å²) in [5, 5.41) is 3.05. The smallest absolute Gasteiger partial charge is 0.255 e. The maximum absolute atomic E-state index is 12.1. The number of nitrogens with one attached hydrogen (secondary N) is 1. The van der Waals surface area contributed by atoms with Gasteiger partial charge in [-0.05, 0) is 40.2 Å². The van der Waals surface area contributed by atoms with E-state index >= 15 is 0 Å². The molecule has 0 unspecified atom stereocenters. The van der Waals surface area contributed by atoms with Gasteiger partial charge < -0.3 is 11.1 Å². The van der Waals surface area contributed by atoms with E-state index in [9.17, 15) is 4.79 Å². The van der Waals surface area contributed by atoms with E-state index in [2.05, 4.69) is 42.2 Å². The maximum atomic E-state index is 12.1. The number of carbonyl (C=O) groups is 1. The van der Waals surface area contributed by atoms with Gasteiger partial charge in [-0.15, -0.1) is 0 Å². The summed E-state index contributed by atoms with van der Waals surface area (Å²) in [7, 11) is 0. The molecule has 4 nitrogen and oxygen atoms in total. The summed E-state index contributed by atoms with van der Waals surface area (Å²) in [6, 6.07) is 6.67. The molecule has 1 aromatic carbocycles. The van der Waals surface area contributed by atoms with E-state index in [1.54, 1.807) is 24.3 Å². The van der Waals surface area contributed by atoms with E-state index in [1.807, 2.05) is 0 Å². The lowest BCUT2D eigenvalue weighted by Gasteiger charge is -2.07. The zero-order valence-corrected chi connectivity index (χ0v) is 13.4. The van der Waals surface area contributed by atoms with Gasteiger partial charge in [-0.3, -0.25) is 4.79 Å². The van der Waals surface area contributed by atoms with E-state index in [0.717, 1.165) is 4.47 Å². The number of nitrogens with two attached hydrogens (primary N) is 1. The molecule has 0 saturated carbocycles. The van der Waals surface area contributed by atoms with E-state index in [1.165, 1.54) is 6.20 Å². The number of hydrogen-bond acceptors (Lipinski definition) is 3. The van der Waals surface area contributed by atoms with E-state index in [4.69, 9.17) is 17.3 Å². The highest BCUT2D eigenvalue weighted by molar-refractivity contribution is 9.10. The van der Waals surface area contributed by atoms with Crippen LogP contribution >= 0.6 is 43.5 Å². The molecule has 0 aliphatic carbocycles. The molecular weight excluding hydrogens is 397 g/mol. The summed E-state index contributed by atoms with van der Waals surface area (Å²) >= 11 is 12.3. The number of hydrogen-bond donors (Lipinski definition) is 2. The number of halogens is 3. The van der Waals surface area contributed by atoms with Crippen molar-refractivity contribution in [1.29, 1.82) is 0 Å². The lowest BCUT2D eigenvalue weighted by molar-refractivity contribution is 0.102. The Morgan fingerprint density at radius 1 is 1.26 bits per heavy atom. The zero-order valence-electron chi connectivity index (χ0n) is 9.45. The fourth-order valence-electron chi connectivity index (χ4n) is 1.44. The average Bonchev–Trinajstić information content (AvgIpc) is 2.32. The highest BCUT2D eigenvalue weighted by Gasteiger charge is 2.09. The number of rotatable bonds is 2. The third-order valence-electron chi connectivity index (χ3n) is 2.24. The van der Waals surface area contributed by atoms with Gasteiger partial charge in [0, 0.05) is 15.7 Å². The van der Waals surface area contributed by atoms with E-state index < -0.39 is 0 Å². The van der Waals surface area contributed by atoms with Crippen molar-refractivity contribution in [3.8, 4) is 0 Å². The molecule has 2 aromatic rings. The lowest BCUT2D eigenvalue weighted by Crippen LogP contribution is -2.12. The molecule has 7 heteroatoms. The molecule has 1 amide bonds. The van der Waals surface area contributed by atoms with Gasteiger partial charge in [-0.2, -0.15) is 0 Å². The SMILES string of the molecule is Nc1cc(Br)cc(C(=O)Nc2cnc(Cl)c(Br)c2)c1. The van der Waals surface area contributed by atoms with Crippen LogP contribution in [0.15, 0.2) is 39.4 Å². The molecule has 0 aliphatic rings. The molecule has 0 atom stereocenters. The summed E-state index contributed by atoms with van der Waals surface area (Å²) in [5.74, 6) is -0.274. The second kappa shape index (κ2) is 5.90. The zero-order chi connectivity index (χ0) is 14.0. The first-order chi connectivity index (χ1) is 8.95. The normalized spacial score (nSPS) is 10.3. The van der Waals surface area contributed by atoms with Crippen molar-refractivity contribution in [3.05, 3.63) is 50.1 Å². The second-order valence-corrected chi connectivity index (χ2v) is 5.85. The maximum Gasteiger partial charge on any atom is 0.255 e. The van der Waals surface area contributed by atoms with Crippen molar-refractivity contribution < 1.29 is 4.79 Å². The van der Waals surface area contributed by atoms with Gasteiger partial charge in [-0.25, -0.2) is 4.98 Å². The van der Waals surface area contributed by atoms with Gasteiger partial charge in [-0.1, -0.05) is 27.5 Å². The first-order valence-electron chi connectivity index (χ1n) is 5.14. The quantitative estimate of drug-likeness (QED) is 0.584. The first kappa shape index (κ1) is 14.3. The number of amides is 1. The van der Waals surface area contributed by atoms with Crippen LogP contribution in [0.1, 0.15) is 10.4 Å². The fourth-order valence-corrected chi connectivity index (χ4v) is 2.40. The highest BCUT2D eigenvalue weighted by atomic mass is 79.9. The van der Waals surface area contributed by atoms with Crippen LogP contribution in [0.5, 0.6) is 0 Å². The number of anilines is 2. The van der Waals surface area contributed by atoms with Crippen LogP contribution in [0.2, 0.25) is 5.15 Å². The molecule has 0 aliphatic heterocycles. The van der Waals surface area contributed by atoms with Gasteiger partial charge >= 0.3 is 0 Å². The topological polar surface area (TPSA) is 68.0 Å². The third kappa shape index (κ3) is 3.68. The standard InChI is InChI=1S/C12H8Br2ClN3O/c13-7-1-6(2-8(16)3-7)12(19)18-9-4-10(14)11(15)17-5-9/h1-5H,16H2,(H,18,19). The molecule has 98 valence electrons. The summed E-state index contributed by atoms with van der Waals surface area (Å²) in [5.41, 5.74) is 7.19. The van der Waals surface area contributed by atoms with Gasteiger partial charge in [0.2, 0.25) is 0 Å². The minimum atomic E-state index is -0.274. The molecule has 3 N–H and O–H groups in total. The number of carbonyl (C=O) groups excluding carboxylic acids is 1. The van der Waals surface area contributed by atoms with Crippen LogP contribution in [0.3, 0.4) is 0 Å². The Morgan fingerprint density at radius 3 is 2.63 bits per heavy atom. The minimum absolute atomic E-state index is 0.274. The van der Waals surface area contributed by atoms with Crippen molar-refractivity contribution >= 4 is 60.7 Å². The molecule has 19 heavy (non-hydrogen) atoms. The highest BCUT2D eigenvalue weighted by Crippen LogP contribution is 2.24. The third-order valence-corrected chi connectivity index (χ3v) is 3.83. The lowest BCUT2D eigenvalue weighted by atomic mass is 10.2. The van der Waals surface area contributed by atoms with Crippen LogP contribution in [-0.2, 0) is 0 Å². The Morgan fingerprint density at radius 2 is 2.00 bits per heavy atom. The summed E-state index contributed by atoms with van der Waals surface area (Å²) in [6.45, 7) is 0. The molecule has 0 saturated heterocycles. The number of nitrogens with zero attached hydrogens (tertiary/aromatic N) is 1. The van der Waals surface area contributed by atoms with E-state index in [0.29, 0.717) is 26.6 Å². The van der Waals surface area contributed by atoms with Crippen LogP contribution < -0.4 is 11.1 Å². The van der Waals surface area contributed by atoms with Crippen molar-refractivity contribution in [2.45, 2.75) is 0 Å². The predicted molar refractivity (Wildman–Crippen MR) is 83.5 cm³/mol. The number of benzene rings is 1. The molecule has 2 rings (SSSR count). The van der Waals surface area contributed by atoms with Crippen molar-refractivity contribution in [1.82, 2.24) is 4.98 Å². The Bertz CT molecular complexity index is 629. The van der Waals surface area contributed by atoms with Gasteiger partial charge in [0.15, 0.2) is 0 Å². The molecular formula is C12H8Br2ClN3O. The molecule has 0 fully saturated rings. The predicted octanol–water partition coefficient (Wildman–Crippen LogP) is 4.09. The van der Waals surface area contributed by atoms with Crippen LogP contribution in [0, 0.1) is 0 Å². The fraction of sp³-hybridized carbons (Fsp3) is 0. The van der Waals surface area contributed by atoms with Gasteiger partial charge in [0.05, 0.1) is 16.4 Å². The van der Waals surface area contributed by atoms with Gasteiger partial charge in [0.25, 0.3) is 5.91 Å². The number of aromatic nitrogens is 1. The van der Waals surface area contributed by atoms with Crippen molar-refractivity contribution in [2.24, 2.45) is 0 Å². The van der Waals surface area contributed by atoms with Crippen molar-refractivity contribution in [3.63, 3.8) is 0 Å². The minimum Gasteiger partial charge on any atom is -0.399 e. The van der Waals surface area contributed by atoms with Crippen LogP contribution in [0.25, 0.3) is 0 Å².